The molecule has 0 radical (unpaired) electrons. The normalized spacial score (nSPS) is 12.1. The summed E-state index contributed by atoms with van der Waals surface area (Å²) in [6.07, 6.45) is 2.28. The molecule has 4 nitrogen and oxygen atoms in total. The number of hydrogen-bond donors (Lipinski definition) is 1. The van der Waals surface area contributed by atoms with Crippen molar-refractivity contribution in [2.75, 3.05) is 6.61 Å². The molecule has 0 bridgehead atoms. The first-order valence-corrected chi connectivity index (χ1v) is 8.09. The molecule has 0 aromatic carbocycles. The third-order valence-corrected chi connectivity index (χ3v) is 4.72. The molecule has 0 aliphatic heterocycles. The van der Waals surface area contributed by atoms with Crippen molar-refractivity contribution in [2.24, 2.45) is 5.92 Å². The van der Waals surface area contributed by atoms with Gasteiger partial charge in [-0.2, -0.15) is 0 Å². The highest BCUT2D eigenvalue weighted by atomic mass is 32.1. The van der Waals surface area contributed by atoms with E-state index < -0.39 is 11.6 Å². The summed E-state index contributed by atoms with van der Waals surface area (Å²) < 4.78 is 5.92. The van der Waals surface area contributed by atoms with Crippen LogP contribution in [0.4, 0.5) is 0 Å². The largest absolute Gasteiger partial charge is 0.477 e. The molecule has 1 aromatic rings. The van der Waals surface area contributed by atoms with Crippen LogP contribution in [0, 0.1) is 5.92 Å². The molecule has 1 rings (SSSR count). The Hall–Kier alpha value is -0.940. The van der Waals surface area contributed by atoms with E-state index in [1.165, 1.54) is 11.3 Å². The molecule has 0 spiro atoms. The van der Waals surface area contributed by atoms with Crippen LogP contribution in [0.15, 0.2) is 0 Å². The second-order valence-corrected chi connectivity index (χ2v) is 6.33. The van der Waals surface area contributed by atoms with Crippen LogP contribution >= 0.6 is 11.3 Å². The first-order chi connectivity index (χ1) is 9.40. The predicted octanol–water partition coefficient (Wildman–Crippen LogP) is 4.09. The molecule has 114 valence electrons. The molecule has 1 aromatic heterocycles. The fraction of sp³-hybridized carbons (Fsp3) is 0.733. The number of carboxylic acids is 1. The molecular weight excluding hydrogens is 274 g/mol. The number of thiazole rings is 1. The van der Waals surface area contributed by atoms with Crippen molar-refractivity contribution in [1.29, 1.82) is 0 Å². The number of carboxylic acid groups (broad SMARTS) is 1. The van der Waals surface area contributed by atoms with Crippen molar-refractivity contribution in [3.63, 3.8) is 0 Å². The SMILES string of the molecule is CCOC(CC)(CC)c1nc(CC(C)C)c(C(=O)O)s1. The average Bonchev–Trinajstić information content (AvgIpc) is 2.79. The van der Waals surface area contributed by atoms with E-state index in [-0.39, 0.29) is 0 Å². The highest BCUT2D eigenvalue weighted by molar-refractivity contribution is 7.13. The molecule has 0 unspecified atom stereocenters. The van der Waals surface area contributed by atoms with Crippen molar-refractivity contribution >= 4 is 17.3 Å². The topological polar surface area (TPSA) is 59.4 Å². The van der Waals surface area contributed by atoms with Gasteiger partial charge in [0.25, 0.3) is 0 Å². The molecule has 0 aliphatic carbocycles. The van der Waals surface area contributed by atoms with E-state index in [1.54, 1.807) is 0 Å². The molecule has 1 N–H and O–H groups in total. The summed E-state index contributed by atoms with van der Waals surface area (Å²) in [6, 6.07) is 0. The lowest BCUT2D eigenvalue weighted by Gasteiger charge is -2.29. The van der Waals surface area contributed by atoms with E-state index in [0.717, 1.165) is 17.8 Å². The van der Waals surface area contributed by atoms with E-state index in [9.17, 15) is 9.90 Å². The summed E-state index contributed by atoms with van der Waals surface area (Å²) in [4.78, 5) is 16.4. The van der Waals surface area contributed by atoms with Crippen molar-refractivity contribution in [1.82, 2.24) is 4.98 Å². The average molecular weight is 299 g/mol. The van der Waals surface area contributed by atoms with Gasteiger partial charge >= 0.3 is 5.97 Å². The molecule has 5 heteroatoms. The highest BCUT2D eigenvalue weighted by Crippen LogP contribution is 2.37. The Balaban J connectivity index is 3.26. The molecule has 0 fully saturated rings. The predicted molar refractivity (Wildman–Crippen MR) is 81.5 cm³/mol. The Labute approximate surface area is 125 Å². The van der Waals surface area contributed by atoms with Gasteiger partial charge < -0.3 is 9.84 Å². The van der Waals surface area contributed by atoms with Gasteiger partial charge in [0.15, 0.2) is 0 Å². The van der Waals surface area contributed by atoms with E-state index in [0.29, 0.717) is 29.5 Å². The molecule has 1 heterocycles. The monoisotopic (exact) mass is 299 g/mol. The maximum absolute atomic E-state index is 11.4. The number of nitrogens with zero attached hydrogens (tertiary/aromatic N) is 1. The lowest BCUT2D eigenvalue weighted by molar-refractivity contribution is -0.0507. The summed E-state index contributed by atoms with van der Waals surface area (Å²) >= 11 is 1.27. The van der Waals surface area contributed by atoms with Gasteiger partial charge in [-0.05, 0) is 32.1 Å². The number of hydrogen-bond acceptors (Lipinski definition) is 4. The number of aromatic carboxylic acids is 1. The number of rotatable bonds is 8. The zero-order chi connectivity index (χ0) is 15.3. The van der Waals surface area contributed by atoms with Gasteiger partial charge in [0.1, 0.15) is 15.5 Å². The number of carbonyl (C=O) groups is 1. The van der Waals surface area contributed by atoms with Gasteiger partial charge in [0, 0.05) is 6.61 Å². The van der Waals surface area contributed by atoms with Gasteiger partial charge in [-0.25, -0.2) is 9.78 Å². The van der Waals surface area contributed by atoms with Crippen molar-refractivity contribution in [3.8, 4) is 0 Å². The zero-order valence-electron chi connectivity index (χ0n) is 13.0. The first kappa shape index (κ1) is 17.1. The third kappa shape index (κ3) is 3.58. The van der Waals surface area contributed by atoms with Crippen LogP contribution < -0.4 is 0 Å². The number of aromatic nitrogens is 1. The van der Waals surface area contributed by atoms with Gasteiger partial charge in [0.05, 0.1) is 5.69 Å². The number of ether oxygens (including phenoxy) is 1. The van der Waals surface area contributed by atoms with E-state index >= 15 is 0 Å². The minimum atomic E-state index is -0.887. The second-order valence-electron chi connectivity index (χ2n) is 5.33. The van der Waals surface area contributed by atoms with E-state index in [2.05, 4.69) is 32.7 Å². The lowest BCUT2D eigenvalue weighted by atomic mass is 9.98. The van der Waals surface area contributed by atoms with Crippen LogP contribution in [0.3, 0.4) is 0 Å². The Morgan fingerprint density at radius 3 is 2.35 bits per heavy atom. The smallest absolute Gasteiger partial charge is 0.347 e. The molecule has 0 amide bonds. The summed E-state index contributed by atoms with van der Waals surface area (Å²) in [5, 5.41) is 10.2. The minimum Gasteiger partial charge on any atom is -0.477 e. The Morgan fingerprint density at radius 1 is 1.35 bits per heavy atom. The molecule has 0 saturated carbocycles. The Bertz CT molecular complexity index is 450. The van der Waals surface area contributed by atoms with Crippen LogP contribution in [0.5, 0.6) is 0 Å². The Morgan fingerprint density at radius 2 is 1.95 bits per heavy atom. The van der Waals surface area contributed by atoms with Gasteiger partial charge in [-0.1, -0.05) is 27.7 Å². The molecule has 0 saturated heterocycles. The highest BCUT2D eigenvalue weighted by Gasteiger charge is 2.34. The zero-order valence-corrected chi connectivity index (χ0v) is 13.8. The fourth-order valence-electron chi connectivity index (χ4n) is 2.33. The summed E-state index contributed by atoms with van der Waals surface area (Å²) in [5.74, 6) is -0.505. The fourth-order valence-corrected chi connectivity index (χ4v) is 3.55. The van der Waals surface area contributed by atoms with Gasteiger partial charge in [-0.15, -0.1) is 11.3 Å². The minimum absolute atomic E-state index is 0.361. The van der Waals surface area contributed by atoms with Crippen LogP contribution in [-0.4, -0.2) is 22.7 Å². The second kappa shape index (κ2) is 7.18. The van der Waals surface area contributed by atoms with Crippen molar-refractivity contribution < 1.29 is 14.6 Å². The van der Waals surface area contributed by atoms with Crippen LogP contribution in [-0.2, 0) is 16.8 Å². The molecular formula is C15H25NO3S. The van der Waals surface area contributed by atoms with Crippen LogP contribution in [0.25, 0.3) is 0 Å². The molecule has 0 aliphatic rings. The summed E-state index contributed by atoms with van der Waals surface area (Å²) in [7, 11) is 0. The lowest BCUT2D eigenvalue weighted by Crippen LogP contribution is -2.28. The van der Waals surface area contributed by atoms with E-state index in [1.807, 2.05) is 6.92 Å². The standard InChI is InChI=1S/C15H25NO3S/c1-6-15(7-2,19-8-3)14-16-11(9-10(4)5)12(20-14)13(17)18/h10H,6-9H2,1-5H3,(H,17,18). The van der Waals surface area contributed by atoms with Crippen LogP contribution in [0.1, 0.15) is 67.8 Å². The molecule has 0 atom stereocenters. The first-order valence-electron chi connectivity index (χ1n) is 7.27. The maximum atomic E-state index is 11.4. The molecule has 20 heavy (non-hydrogen) atoms. The quantitative estimate of drug-likeness (QED) is 0.785. The summed E-state index contributed by atoms with van der Waals surface area (Å²) in [6.45, 7) is 10.8. The van der Waals surface area contributed by atoms with Gasteiger partial charge in [-0.3, -0.25) is 0 Å². The summed E-state index contributed by atoms with van der Waals surface area (Å²) in [5.41, 5.74) is 0.247. The van der Waals surface area contributed by atoms with Crippen molar-refractivity contribution in [3.05, 3.63) is 15.6 Å². The Kier molecular flexibility index (Phi) is 6.14. The van der Waals surface area contributed by atoms with Gasteiger partial charge in [0.2, 0.25) is 0 Å². The van der Waals surface area contributed by atoms with Crippen molar-refractivity contribution in [2.45, 2.75) is 59.5 Å². The maximum Gasteiger partial charge on any atom is 0.347 e. The van der Waals surface area contributed by atoms with Crippen LogP contribution in [0.2, 0.25) is 0 Å². The third-order valence-electron chi connectivity index (χ3n) is 3.45. The van der Waals surface area contributed by atoms with E-state index in [4.69, 9.17) is 4.74 Å².